The lowest BCUT2D eigenvalue weighted by Gasteiger charge is -2.30. The maximum Gasteiger partial charge on any atom is 0.139 e. The fraction of sp³-hybridized carbons (Fsp3) is 0.0714. The molecule has 1 heterocycles. The Morgan fingerprint density at radius 1 is 0.586 bits per heavy atom. The van der Waals surface area contributed by atoms with Gasteiger partial charge in [-0.05, 0) is 23.3 Å². The van der Waals surface area contributed by atoms with Gasteiger partial charge < -0.3 is 4.74 Å². The first-order valence-electron chi connectivity index (χ1n) is 10.1. The summed E-state index contributed by atoms with van der Waals surface area (Å²) in [6, 6.07) is 34.7. The van der Waals surface area contributed by atoms with Crippen LogP contribution < -0.4 is 4.74 Å². The van der Waals surface area contributed by atoms with Gasteiger partial charge in [-0.2, -0.15) is 0 Å². The van der Waals surface area contributed by atoms with Crippen molar-refractivity contribution in [2.24, 2.45) is 0 Å². The van der Waals surface area contributed by atoms with Crippen molar-refractivity contribution in [1.29, 1.82) is 0 Å². The summed E-state index contributed by atoms with van der Waals surface area (Å²) in [7, 11) is 0. The smallest absolute Gasteiger partial charge is 0.139 e. The van der Waals surface area contributed by atoms with Crippen LogP contribution in [0.25, 0.3) is 21.5 Å². The topological polar surface area (TPSA) is 9.23 Å². The molecule has 0 atom stereocenters. The molecule has 0 aromatic heterocycles. The van der Waals surface area contributed by atoms with E-state index in [0.29, 0.717) is 0 Å². The maximum absolute atomic E-state index is 6.69. The van der Waals surface area contributed by atoms with Crippen LogP contribution in [0.5, 0.6) is 11.5 Å². The molecule has 0 spiro atoms. The highest BCUT2D eigenvalue weighted by Gasteiger charge is 2.31. The summed E-state index contributed by atoms with van der Waals surface area (Å²) in [5, 5.41) is 4.75. The van der Waals surface area contributed by atoms with Crippen molar-refractivity contribution < 1.29 is 4.74 Å². The van der Waals surface area contributed by atoms with Gasteiger partial charge in [0.05, 0.1) is 0 Å². The van der Waals surface area contributed by atoms with E-state index in [1.165, 1.54) is 43.8 Å². The van der Waals surface area contributed by atoms with Crippen molar-refractivity contribution in [2.75, 3.05) is 0 Å². The van der Waals surface area contributed by atoms with E-state index in [1.807, 2.05) is 0 Å². The lowest BCUT2D eigenvalue weighted by Crippen LogP contribution is -2.12. The zero-order chi connectivity index (χ0) is 19.4. The number of aryl methyl sites for hydroxylation is 1. The van der Waals surface area contributed by atoms with Crippen molar-refractivity contribution in [3.05, 3.63) is 119 Å². The third kappa shape index (κ3) is 2.48. The molecule has 0 unspecified atom stereocenters. The van der Waals surface area contributed by atoms with Crippen molar-refractivity contribution in [3.8, 4) is 11.5 Å². The van der Waals surface area contributed by atoms with E-state index < -0.39 is 0 Å². The standard InChI is InChI=1S/C28H20O/c1-18-7-6-10-21(17-18)26-24-15-13-19-8-2-4-11-22(19)27(24)29-28-23-12-5-3-9-20(23)14-16-25(26)28/h2-17,26H,1H3. The van der Waals surface area contributed by atoms with E-state index in [4.69, 9.17) is 4.74 Å². The largest absolute Gasteiger partial charge is 0.455 e. The average molecular weight is 372 g/mol. The maximum atomic E-state index is 6.69. The minimum atomic E-state index is 0.155. The monoisotopic (exact) mass is 372 g/mol. The summed E-state index contributed by atoms with van der Waals surface area (Å²) >= 11 is 0. The molecule has 138 valence electrons. The Morgan fingerprint density at radius 3 is 1.76 bits per heavy atom. The van der Waals surface area contributed by atoms with Crippen LogP contribution in [0.3, 0.4) is 0 Å². The molecule has 0 saturated carbocycles. The summed E-state index contributed by atoms with van der Waals surface area (Å²) in [4.78, 5) is 0. The predicted molar refractivity (Wildman–Crippen MR) is 120 cm³/mol. The molecule has 5 aromatic rings. The van der Waals surface area contributed by atoms with E-state index in [-0.39, 0.29) is 5.92 Å². The number of fused-ring (bicyclic) bond motifs is 6. The van der Waals surface area contributed by atoms with Gasteiger partial charge in [-0.3, -0.25) is 0 Å². The Bertz CT molecular complexity index is 1310. The van der Waals surface area contributed by atoms with Crippen molar-refractivity contribution >= 4 is 21.5 Å². The molecular weight excluding hydrogens is 352 g/mol. The van der Waals surface area contributed by atoms with E-state index in [1.54, 1.807) is 0 Å². The van der Waals surface area contributed by atoms with Gasteiger partial charge in [-0.15, -0.1) is 0 Å². The second-order valence-corrected chi connectivity index (χ2v) is 7.86. The molecule has 0 fully saturated rings. The van der Waals surface area contributed by atoms with Gasteiger partial charge in [0.1, 0.15) is 11.5 Å². The Morgan fingerprint density at radius 2 is 1.17 bits per heavy atom. The zero-order valence-electron chi connectivity index (χ0n) is 16.2. The van der Waals surface area contributed by atoms with Gasteiger partial charge in [0.25, 0.3) is 0 Å². The molecular formula is C28H20O. The van der Waals surface area contributed by atoms with Crippen molar-refractivity contribution in [1.82, 2.24) is 0 Å². The molecule has 0 N–H and O–H groups in total. The second-order valence-electron chi connectivity index (χ2n) is 7.86. The van der Waals surface area contributed by atoms with E-state index in [9.17, 15) is 0 Å². The Labute approximate surface area is 170 Å². The highest BCUT2D eigenvalue weighted by Crippen LogP contribution is 2.51. The van der Waals surface area contributed by atoms with Gasteiger partial charge in [0, 0.05) is 27.8 Å². The van der Waals surface area contributed by atoms with Crippen molar-refractivity contribution in [2.45, 2.75) is 12.8 Å². The van der Waals surface area contributed by atoms with Crippen LogP contribution in [0.4, 0.5) is 0 Å². The van der Waals surface area contributed by atoms with E-state index >= 15 is 0 Å². The molecule has 0 saturated heterocycles. The predicted octanol–water partition coefficient (Wildman–Crippen LogP) is 7.59. The number of rotatable bonds is 1. The van der Waals surface area contributed by atoms with E-state index in [2.05, 4.69) is 104 Å². The molecule has 0 radical (unpaired) electrons. The van der Waals surface area contributed by atoms with Gasteiger partial charge in [0.15, 0.2) is 0 Å². The Hall–Kier alpha value is -3.58. The molecule has 1 nitrogen and oxygen atoms in total. The lowest BCUT2D eigenvalue weighted by atomic mass is 9.80. The fourth-order valence-corrected chi connectivity index (χ4v) is 4.68. The third-order valence-corrected chi connectivity index (χ3v) is 6.02. The fourth-order valence-electron chi connectivity index (χ4n) is 4.68. The SMILES string of the molecule is Cc1cccc(C2c3ccc4ccccc4c3Oc3c2ccc2ccccc32)c1. The normalized spacial score (nSPS) is 13.1. The van der Waals surface area contributed by atoms with Crippen LogP contribution in [0.1, 0.15) is 28.2 Å². The first-order chi connectivity index (χ1) is 14.3. The zero-order valence-corrected chi connectivity index (χ0v) is 16.2. The lowest BCUT2D eigenvalue weighted by molar-refractivity contribution is 0.464. The molecule has 1 aliphatic rings. The molecule has 29 heavy (non-hydrogen) atoms. The molecule has 0 bridgehead atoms. The van der Waals surface area contributed by atoms with Crippen LogP contribution in [0, 0.1) is 6.92 Å². The number of hydrogen-bond acceptors (Lipinski definition) is 1. The molecule has 5 aromatic carbocycles. The quantitative estimate of drug-likeness (QED) is 0.289. The summed E-state index contributed by atoms with van der Waals surface area (Å²) < 4.78 is 6.69. The van der Waals surface area contributed by atoms with Gasteiger partial charge >= 0.3 is 0 Å². The summed E-state index contributed by atoms with van der Waals surface area (Å²) in [6.07, 6.45) is 0. The second kappa shape index (κ2) is 6.22. The van der Waals surface area contributed by atoms with Crippen LogP contribution in [0.15, 0.2) is 97.1 Å². The minimum absolute atomic E-state index is 0.155. The van der Waals surface area contributed by atoms with Crippen LogP contribution in [-0.4, -0.2) is 0 Å². The Kier molecular flexibility index (Phi) is 3.51. The third-order valence-electron chi connectivity index (χ3n) is 6.02. The summed E-state index contributed by atoms with van der Waals surface area (Å²) in [5.41, 5.74) is 5.05. The van der Waals surface area contributed by atoms with Crippen LogP contribution >= 0.6 is 0 Å². The van der Waals surface area contributed by atoms with Crippen LogP contribution in [-0.2, 0) is 0 Å². The molecule has 0 aliphatic carbocycles. The first-order valence-corrected chi connectivity index (χ1v) is 10.1. The first kappa shape index (κ1) is 16.4. The van der Waals surface area contributed by atoms with Crippen molar-refractivity contribution in [3.63, 3.8) is 0 Å². The summed E-state index contributed by atoms with van der Waals surface area (Å²) in [6.45, 7) is 2.16. The highest BCUT2D eigenvalue weighted by molar-refractivity contribution is 5.95. The number of hydrogen-bond donors (Lipinski definition) is 0. The average Bonchev–Trinajstić information content (AvgIpc) is 2.77. The number of benzene rings is 5. The highest BCUT2D eigenvalue weighted by atomic mass is 16.5. The summed E-state index contributed by atoms with van der Waals surface area (Å²) in [5.74, 6) is 2.12. The molecule has 6 rings (SSSR count). The molecule has 1 aliphatic heterocycles. The number of ether oxygens (including phenoxy) is 1. The molecule has 1 heteroatoms. The van der Waals surface area contributed by atoms with Gasteiger partial charge in [-0.25, -0.2) is 0 Å². The van der Waals surface area contributed by atoms with Gasteiger partial charge in [-0.1, -0.05) is 103 Å². The van der Waals surface area contributed by atoms with Gasteiger partial charge in [0.2, 0.25) is 0 Å². The van der Waals surface area contributed by atoms with E-state index in [0.717, 1.165) is 11.5 Å². The Balaban J connectivity index is 1.72. The minimum Gasteiger partial charge on any atom is -0.455 e. The molecule has 0 amide bonds. The van der Waals surface area contributed by atoms with Crippen LogP contribution in [0.2, 0.25) is 0 Å².